The number of carbonyl (C=O) groups is 3. The van der Waals surface area contributed by atoms with Gasteiger partial charge in [0, 0.05) is 19.3 Å². The van der Waals surface area contributed by atoms with Crippen LogP contribution in [0.25, 0.3) is 0 Å². The van der Waals surface area contributed by atoms with Gasteiger partial charge in [0.15, 0.2) is 6.10 Å². The highest BCUT2D eigenvalue weighted by atomic mass is 16.6. The van der Waals surface area contributed by atoms with E-state index in [4.69, 9.17) is 14.2 Å². The summed E-state index contributed by atoms with van der Waals surface area (Å²) in [4.78, 5) is 37.6. The van der Waals surface area contributed by atoms with E-state index in [2.05, 4.69) is 81.5 Å². The van der Waals surface area contributed by atoms with Crippen LogP contribution in [0.3, 0.4) is 0 Å². The standard InChI is InChI=1S/C48H80O6/c1-4-7-10-13-16-19-21-22-23-24-25-27-29-32-35-38-41-47(50)53-44-45(43-52-46(49)40-37-34-31-28-18-15-12-9-6-3)54-48(51)42-39-36-33-30-26-20-17-14-11-8-5-2/h7,10,14,16-17,19,22-23,25,27,32,35,45H,4-6,8-9,11-13,15,18,20-21,24,26,28-31,33-34,36-44H2,1-3H3/b10-7-,17-14-,19-16-,23-22-,27-25-,35-32-. The normalized spacial score (nSPS) is 12.7. The van der Waals surface area contributed by atoms with Gasteiger partial charge in [-0.3, -0.25) is 14.4 Å². The van der Waals surface area contributed by atoms with Crippen molar-refractivity contribution in [2.24, 2.45) is 0 Å². The van der Waals surface area contributed by atoms with Crippen molar-refractivity contribution in [3.63, 3.8) is 0 Å². The summed E-state index contributed by atoms with van der Waals surface area (Å²) in [6.07, 6.45) is 51.8. The Balaban J connectivity index is 4.49. The molecule has 0 spiro atoms. The van der Waals surface area contributed by atoms with Crippen molar-refractivity contribution in [3.05, 3.63) is 72.9 Å². The summed E-state index contributed by atoms with van der Waals surface area (Å²) >= 11 is 0. The summed E-state index contributed by atoms with van der Waals surface area (Å²) in [6, 6.07) is 0. The van der Waals surface area contributed by atoms with Gasteiger partial charge < -0.3 is 14.2 Å². The quantitative estimate of drug-likeness (QED) is 0.0270. The molecule has 0 aromatic heterocycles. The number of esters is 3. The molecule has 1 atom stereocenters. The number of ether oxygens (including phenoxy) is 3. The van der Waals surface area contributed by atoms with Gasteiger partial charge in [-0.25, -0.2) is 0 Å². The lowest BCUT2D eigenvalue weighted by Gasteiger charge is -2.18. The van der Waals surface area contributed by atoms with Crippen LogP contribution in [0.5, 0.6) is 0 Å². The molecule has 0 bridgehead atoms. The summed E-state index contributed by atoms with van der Waals surface area (Å²) < 4.78 is 16.6. The first kappa shape index (κ1) is 50.9. The SMILES string of the molecule is CC/C=C\C/C=C\C/C=C\C/C=C\C/C=C\CCC(=O)OCC(COC(=O)CCCCCCCCCCC)OC(=O)CCCCCCC/C=C\CCCC. The third kappa shape index (κ3) is 40.0. The summed E-state index contributed by atoms with van der Waals surface area (Å²) in [5.41, 5.74) is 0. The number of carbonyl (C=O) groups excluding carboxylic acids is 3. The van der Waals surface area contributed by atoms with Crippen molar-refractivity contribution >= 4 is 17.9 Å². The minimum atomic E-state index is -0.804. The molecule has 0 radical (unpaired) electrons. The van der Waals surface area contributed by atoms with Crippen molar-refractivity contribution in [2.45, 2.75) is 200 Å². The zero-order valence-corrected chi connectivity index (χ0v) is 35.0. The highest BCUT2D eigenvalue weighted by Crippen LogP contribution is 2.13. The van der Waals surface area contributed by atoms with Crippen LogP contribution in [-0.2, 0) is 28.6 Å². The van der Waals surface area contributed by atoms with Gasteiger partial charge in [-0.2, -0.15) is 0 Å². The molecular weight excluding hydrogens is 673 g/mol. The molecule has 0 saturated heterocycles. The zero-order valence-electron chi connectivity index (χ0n) is 35.0. The Morgan fingerprint density at radius 2 is 0.778 bits per heavy atom. The van der Waals surface area contributed by atoms with Gasteiger partial charge in [0.25, 0.3) is 0 Å². The molecule has 6 nitrogen and oxygen atoms in total. The predicted octanol–water partition coefficient (Wildman–Crippen LogP) is 13.9. The van der Waals surface area contributed by atoms with E-state index in [1.54, 1.807) is 0 Å². The lowest BCUT2D eigenvalue weighted by Crippen LogP contribution is -2.30. The molecule has 0 aromatic rings. The number of allylic oxidation sites excluding steroid dienone is 12. The Hall–Kier alpha value is -3.15. The first-order chi connectivity index (χ1) is 26.5. The van der Waals surface area contributed by atoms with Crippen LogP contribution in [0, 0.1) is 0 Å². The Labute approximate surface area is 332 Å². The van der Waals surface area contributed by atoms with E-state index < -0.39 is 6.10 Å². The molecule has 0 fully saturated rings. The number of rotatable bonds is 38. The van der Waals surface area contributed by atoms with Gasteiger partial charge >= 0.3 is 17.9 Å². The van der Waals surface area contributed by atoms with Gasteiger partial charge in [-0.15, -0.1) is 0 Å². The Bertz CT molecular complexity index is 1050. The van der Waals surface area contributed by atoms with Gasteiger partial charge in [-0.05, 0) is 70.6 Å². The highest BCUT2D eigenvalue weighted by molar-refractivity contribution is 5.71. The average Bonchev–Trinajstić information content (AvgIpc) is 3.17. The van der Waals surface area contributed by atoms with E-state index in [1.807, 2.05) is 12.2 Å². The maximum absolute atomic E-state index is 12.7. The second-order valence-corrected chi connectivity index (χ2v) is 14.2. The first-order valence-electron chi connectivity index (χ1n) is 21.9. The van der Waals surface area contributed by atoms with Crippen molar-refractivity contribution in [1.29, 1.82) is 0 Å². The first-order valence-corrected chi connectivity index (χ1v) is 21.9. The molecule has 6 heteroatoms. The van der Waals surface area contributed by atoms with Gasteiger partial charge in [0.1, 0.15) is 13.2 Å². The van der Waals surface area contributed by atoms with Crippen molar-refractivity contribution in [1.82, 2.24) is 0 Å². The van der Waals surface area contributed by atoms with E-state index in [9.17, 15) is 14.4 Å². The Morgan fingerprint density at radius 1 is 0.389 bits per heavy atom. The van der Waals surface area contributed by atoms with E-state index >= 15 is 0 Å². The van der Waals surface area contributed by atoms with Crippen LogP contribution in [0.1, 0.15) is 194 Å². The highest BCUT2D eigenvalue weighted by Gasteiger charge is 2.19. The lowest BCUT2D eigenvalue weighted by atomic mass is 10.1. The lowest BCUT2D eigenvalue weighted by molar-refractivity contribution is -0.166. The molecule has 0 amide bonds. The Kier molecular flexibility index (Phi) is 40.1. The van der Waals surface area contributed by atoms with E-state index in [0.29, 0.717) is 19.3 Å². The fourth-order valence-electron chi connectivity index (χ4n) is 5.65. The molecule has 54 heavy (non-hydrogen) atoms. The molecular formula is C48H80O6. The molecule has 0 rings (SSSR count). The average molecular weight is 753 g/mol. The fourth-order valence-corrected chi connectivity index (χ4v) is 5.65. The third-order valence-corrected chi connectivity index (χ3v) is 8.96. The fraction of sp³-hybridized carbons (Fsp3) is 0.688. The minimum absolute atomic E-state index is 0.101. The monoisotopic (exact) mass is 753 g/mol. The Morgan fingerprint density at radius 3 is 1.30 bits per heavy atom. The third-order valence-electron chi connectivity index (χ3n) is 8.96. The van der Waals surface area contributed by atoms with Gasteiger partial charge in [0.05, 0.1) is 0 Å². The number of unbranched alkanes of at least 4 members (excludes halogenated alkanes) is 15. The summed E-state index contributed by atoms with van der Waals surface area (Å²) in [5.74, 6) is -1.01. The van der Waals surface area contributed by atoms with Crippen molar-refractivity contribution in [3.8, 4) is 0 Å². The van der Waals surface area contributed by atoms with Crippen molar-refractivity contribution in [2.75, 3.05) is 13.2 Å². The molecule has 0 aliphatic rings. The molecule has 0 aliphatic heterocycles. The molecule has 0 saturated carbocycles. The zero-order chi connectivity index (χ0) is 39.4. The summed E-state index contributed by atoms with van der Waals surface area (Å²) in [6.45, 7) is 6.36. The van der Waals surface area contributed by atoms with E-state index in [-0.39, 0.29) is 37.5 Å². The molecule has 0 aliphatic carbocycles. The van der Waals surface area contributed by atoms with Gasteiger partial charge in [-0.1, -0.05) is 177 Å². The van der Waals surface area contributed by atoms with E-state index in [0.717, 1.165) is 83.5 Å². The largest absolute Gasteiger partial charge is 0.462 e. The topological polar surface area (TPSA) is 78.9 Å². The molecule has 308 valence electrons. The molecule has 1 unspecified atom stereocenters. The number of hydrogen-bond acceptors (Lipinski definition) is 6. The van der Waals surface area contributed by atoms with Crippen LogP contribution in [0.15, 0.2) is 72.9 Å². The van der Waals surface area contributed by atoms with Crippen LogP contribution < -0.4 is 0 Å². The van der Waals surface area contributed by atoms with Gasteiger partial charge in [0.2, 0.25) is 0 Å². The molecule has 0 aromatic carbocycles. The van der Waals surface area contributed by atoms with Crippen molar-refractivity contribution < 1.29 is 28.6 Å². The second-order valence-electron chi connectivity index (χ2n) is 14.2. The summed E-state index contributed by atoms with van der Waals surface area (Å²) in [5, 5.41) is 0. The predicted molar refractivity (Wildman–Crippen MR) is 228 cm³/mol. The smallest absolute Gasteiger partial charge is 0.306 e. The maximum Gasteiger partial charge on any atom is 0.306 e. The molecule has 0 N–H and O–H groups in total. The maximum atomic E-state index is 12.7. The van der Waals surface area contributed by atoms with Crippen LogP contribution >= 0.6 is 0 Å². The second kappa shape index (κ2) is 42.6. The van der Waals surface area contributed by atoms with Crippen LogP contribution in [0.2, 0.25) is 0 Å². The molecule has 0 heterocycles. The van der Waals surface area contributed by atoms with Crippen LogP contribution in [-0.4, -0.2) is 37.2 Å². The van der Waals surface area contributed by atoms with E-state index in [1.165, 1.54) is 64.2 Å². The summed E-state index contributed by atoms with van der Waals surface area (Å²) in [7, 11) is 0. The number of hydrogen-bond donors (Lipinski definition) is 0. The van der Waals surface area contributed by atoms with Crippen LogP contribution in [0.4, 0.5) is 0 Å². The minimum Gasteiger partial charge on any atom is -0.462 e.